The third kappa shape index (κ3) is 4.58. The number of nitrogens with zero attached hydrogens (tertiary/aromatic N) is 4. The van der Waals surface area contributed by atoms with Gasteiger partial charge < -0.3 is 14.2 Å². The number of aliphatic hydroxyl groups is 1. The van der Waals surface area contributed by atoms with Gasteiger partial charge in [-0.3, -0.25) is 19.3 Å². The van der Waals surface area contributed by atoms with E-state index in [0.29, 0.717) is 39.8 Å². The first-order valence-corrected chi connectivity index (χ1v) is 13.9. The van der Waals surface area contributed by atoms with Crippen LogP contribution in [-0.2, 0) is 9.59 Å². The van der Waals surface area contributed by atoms with Crippen molar-refractivity contribution >= 4 is 45.3 Å². The number of benzene rings is 1. The number of ether oxygens (including phenoxy) is 1. The van der Waals surface area contributed by atoms with Gasteiger partial charge in [-0.1, -0.05) is 42.9 Å². The van der Waals surface area contributed by atoms with Crippen molar-refractivity contribution in [3.63, 3.8) is 0 Å². The summed E-state index contributed by atoms with van der Waals surface area (Å²) in [6.45, 7) is 9.42. The zero-order valence-corrected chi connectivity index (χ0v) is 23.8. The molecule has 4 heterocycles. The van der Waals surface area contributed by atoms with E-state index < -0.39 is 17.7 Å². The van der Waals surface area contributed by atoms with Gasteiger partial charge in [0.1, 0.15) is 17.1 Å². The Morgan fingerprint density at radius 1 is 1.12 bits per heavy atom. The molecule has 1 aliphatic rings. The van der Waals surface area contributed by atoms with E-state index in [4.69, 9.17) is 4.74 Å². The molecule has 10 heteroatoms. The number of unbranched alkanes of at least 4 members (excludes halogenated alkanes) is 1. The molecule has 3 aromatic heterocycles. The summed E-state index contributed by atoms with van der Waals surface area (Å²) in [5.74, 6) is -1.67. The maximum Gasteiger partial charge on any atom is 0.301 e. The predicted octanol–water partition coefficient (Wildman–Crippen LogP) is 5.72. The molecular weight excluding hydrogens is 528 g/mol. The molecule has 1 aliphatic heterocycles. The number of imidazole rings is 1. The van der Waals surface area contributed by atoms with Crippen LogP contribution in [0.1, 0.15) is 70.6 Å². The van der Waals surface area contributed by atoms with Crippen molar-refractivity contribution in [1.82, 2.24) is 14.4 Å². The normalized spacial score (nSPS) is 16.7. The zero-order chi connectivity index (χ0) is 28.7. The summed E-state index contributed by atoms with van der Waals surface area (Å²) >= 11 is 1.05. The first-order chi connectivity index (χ1) is 19.1. The molecule has 0 bridgehead atoms. The molecule has 0 aliphatic carbocycles. The molecule has 40 heavy (non-hydrogen) atoms. The fraction of sp³-hybridized carbons (Fsp3) is 0.300. The molecule has 1 fully saturated rings. The topological polar surface area (TPSA) is 114 Å². The van der Waals surface area contributed by atoms with Gasteiger partial charge in [-0.05, 0) is 56.5 Å². The smallest absolute Gasteiger partial charge is 0.301 e. The monoisotopic (exact) mass is 558 g/mol. The molecular formula is C30H30N4O5S. The average Bonchev–Trinajstić information content (AvgIpc) is 3.56. The summed E-state index contributed by atoms with van der Waals surface area (Å²) < 4.78 is 7.74. The van der Waals surface area contributed by atoms with Gasteiger partial charge in [-0.2, -0.15) is 0 Å². The molecule has 206 valence electrons. The number of carbonyl (C=O) groups is 3. The molecule has 9 nitrogen and oxygen atoms in total. The number of amides is 1. The lowest BCUT2D eigenvalue weighted by atomic mass is 9.96. The SMILES string of the molecule is CCCCOc1cccc(C2C(=C(O)c3nc4c(C)cccn4c3C)C(=O)C(=O)N2c2nc(C)c(C(C)=O)s2)c1. The number of pyridine rings is 1. The van der Waals surface area contributed by atoms with E-state index in [1.807, 2.05) is 35.7 Å². The highest BCUT2D eigenvalue weighted by Crippen LogP contribution is 2.44. The first kappa shape index (κ1) is 27.3. The minimum atomic E-state index is -1.01. The second-order valence-electron chi connectivity index (χ2n) is 9.84. The highest BCUT2D eigenvalue weighted by Gasteiger charge is 2.49. The van der Waals surface area contributed by atoms with E-state index in [9.17, 15) is 19.5 Å². The van der Waals surface area contributed by atoms with Crippen LogP contribution < -0.4 is 9.64 Å². The quantitative estimate of drug-likeness (QED) is 0.0967. The van der Waals surface area contributed by atoms with Crippen LogP contribution in [0.2, 0.25) is 0 Å². The zero-order valence-electron chi connectivity index (χ0n) is 23.0. The van der Waals surface area contributed by atoms with E-state index >= 15 is 0 Å². The fourth-order valence-corrected chi connectivity index (χ4v) is 5.93. The van der Waals surface area contributed by atoms with Gasteiger partial charge >= 0.3 is 5.91 Å². The number of thiazole rings is 1. The Morgan fingerprint density at radius 2 is 1.90 bits per heavy atom. The summed E-state index contributed by atoms with van der Waals surface area (Å²) in [6.07, 6.45) is 3.68. The fourth-order valence-electron chi connectivity index (χ4n) is 4.94. The predicted molar refractivity (Wildman–Crippen MR) is 153 cm³/mol. The molecule has 1 N–H and O–H groups in total. The van der Waals surface area contributed by atoms with Crippen LogP contribution >= 0.6 is 11.3 Å². The Labute approximate surface area is 235 Å². The lowest BCUT2D eigenvalue weighted by Crippen LogP contribution is -2.29. The standard InChI is InChI=1S/C30H30N4O5S/c1-6-7-14-39-21-12-8-11-20(15-21)24-22(25(36)23-18(4)33-13-9-10-16(2)28(33)32-23)26(37)29(38)34(24)30-31-17(3)27(40-30)19(5)35/h8-13,15,24,36H,6-7,14H2,1-5H3. The van der Waals surface area contributed by atoms with Crippen LogP contribution in [0.15, 0.2) is 48.2 Å². The number of hydrogen-bond acceptors (Lipinski definition) is 8. The number of hydrogen-bond donors (Lipinski definition) is 1. The summed E-state index contributed by atoms with van der Waals surface area (Å²) in [7, 11) is 0. The van der Waals surface area contributed by atoms with Crippen LogP contribution in [-0.4, -0.2) is 43.6 Å². The third-order valence-electron chi connectivity index (χ3n) is 7.00. The van der Waals surface area contributed by atoms with Crippen molar-refractivity contribution in [2.24, 2.45) is 0 Å². The van der Waals surface area contributed by atoms with E-state index in [1.165, 1.54) is 11.8 Å². The molecule has 1 aromatic carbocycles. The average molecular weight is 559 g/mol. The Hall–Kier alpha value is -4.31. The van der Waals surface area contributed by atoms with E-state index in [0.717, 1.165) is 29.7 Å². The van der Waals surface area contributed by atoms with Gasteiger partial charge in [0.2, 0.25) is 0 Å². The summed E-state index contributed by atoms with van der Waals surface area (Å²) in [6, 6.07) is 9.90. The van der Waals surface area contributed by atoms with Gasteiger partial charge in [-0.25, -0.2) is 9.97 Å². The van der Waals surface area contributed by atoms with Crippen LogP contribution in [0.3, 0.4) is 0 Å². The summed E-state index contributed by atoms with van der Waals surface area (Å²) in [5, 5.41) is 11.9. The number of rotatable bonds is 8. The highest BCUT2D eigenvalue weighted by molar-refractivity contribution is 7.18. The number of Topliss-reactive ketones (excluding diaryl/α,β-unsaturated/α-hetero) is 2. The number of aliphatic hydroxyl groups excluding tert-OH is 1. The molecule has 1 saturated heterocycles. The number of aryl methyl sites for hydroxylation is 3. The molecule has 0 spiro atoms. The second-order valence-corrected chi connectivity index (χ2v) is 10.8. The molecule has 1 amide bonds. The summed E-state index contributed by atoms with van der Waals surface area (Å²) in [5.41, 5.74) is 3.31. The van der Waals surface area contributed by atoms with Crippen molar-refractivity contribution in [3.8, 4) is 5.75 Å². The number of ketones is 2. The number of carbonyl (C=O) groups excluding carboxylic acids is 3. The molecule has 5 rings (SSSR count). The lowest BCUT2D eigenvalue weighted by molar-refractivity contribution is -0.132. The Balaban J connectivity index is 1.72. The number of aromatic nitrogens is 3. The molecule has 1 atom stereocenters. The van der Waals surface area contributed by atoms with Gasteiger partial charge in [-0.15, -0.1) is 0 Å². The Morgan fingerprint density at radius 3 is 2.58 bits per heavy atom. The van der Waals surface area contributed by atoms with Gasteiger partial charge in [0.05, 0.1) is 34.5 Å². The maximum atomic E-state index is 13.6. The number of anilines is 1. The first-order valence-electron chi connectivity index (χ1n) is 13.1. The van der Waals surface area contributed by atoms with Crippen LogP contribution in [0.25, 0.3) is 11.4 Å². The Kier molecular flexibility index (Phi) is 7.29. The molecule has 1 unspecified atom stereocenters. The molecule has 0 saturated carbocycles. The van der Waals surface area contributed by atoms with Gasteiger partial charge in [0.25, 0.3) is 5.78 Å². The van der Waals surface area contributed by atoms with Crippen molar-refractivity contribution in [3.05, 3.63) is 81.3 Å². The maximum absolute atomic E-state index is 13.6. The second kappa shape index (κ2) is 10.7. The van der Waals surface area contributed by atoms with E-state index in [-0.39, 0.29) is 27.9 Å². The molecule has 4 aromatic rings. The third-order valence-corrected chi connectivity index (χ3v) is 8.26. The van der Waals surface area contributed by atoms with E-state index in [2.05, 4.69) is 16.9 Å². The van der Waals surface area contributed by atoms with Crippen LogP contribution in [0, 0.1) is 20.8 Å². The summed E-state index contributed by atoms with van der Waals surface area (Å²) in [4.78, 5) is 50.2. The minimum Gasteiger partial charge on any atom is -0.505 e. The molecule has 0 radical (unpaired) electrons. The van der Waals surface area contributed by atoms with Gasteiger partial charge in [0, 0.05) is 13.1 Å². The van der Waals surface area contributed by atoms with E-state index in [1.54, 1.807) is 32.0 Å². The van der Waals surface area contributed by atoms with Crippen LogP contribution in [0.5, 0.6) is 5.75 Å². The van der Waals surface area contributed by atoms with Crippen molar-refractivity contribution in [2.75, 3.05) is 11.5 Å². The van der Waals surface area contributed by atoms with Crippen molar-refractivity contribution < 1.29 is 24.2 Å². The van der Waals surface area contributed by atoms with Crippen molar-refractivity contribution in [2.45, 2.75) is 53.5 Å². The van der Waals surface area contributed by atoms with Crippen LogP contribution in [0.4, 0.5) is 5.13 Å². The van der Waals surface area contributed by atoms with Gasteiger partial charge in [0.15, 0.2) is 16.7 Å². The largest absolute Gasteiger partial charge is 0.505 e. The minimum absolute atomic E-state index is 0.0999. The lowest BCUT2D eigenvalue weighted by Gasteiger charge is -2.23. The highest BCUT2D eigenvalue weighted by atomic mass is 32.1. The Bertz CT molecular complexity index is 1700. The number of fused-ring (bicyclic) bond motifs is 1. The van der Waals surface area contributed by atoms with Crippen molar-refractivity contribution in [1.29, 1.82) is 0 Å².